The Balaban J connectivity index is 0.00000364. The SMILES string of the molecule is COc1cc(C(=O)N2CCCCC2CNC(=O)CCN)cc(OC)c1C.Cl. The lowest BCUT2D eigenvalue weighted by Crippen LogP contribution is -2.49. The fourth-order valence-corrected chi connectivity index (χ4v) is 3.31. The predicted molar refractivity (Wildman–Crippen MR) is 107 cm³/mol. The molecular formula is C19H30ClN3O4. The van der Waals surface area contributed by atoms with Gasteiger partial charge < -0.3 is 25.4 Å². The summed E-state index contributed by atoms with van der Waals surface area (Å²) in [6.45, 7) is 3.34. The Morgan fingerprint density at radius 3 is 2.41 bits per heavy atom. The summed E-state index contributed by atoms with van der Waals surface area (Å²) in [5.74, 6) is 1.10. The molecule has 1 fully saturated rings. The Morgan fingerprint density at radius 2 is 1.85 bits per heavy atom. The van der Waals surface area contributed by atoms with E-state index in [1.165, 1.54) is 0 Å². The normalized spacial score (nSPS) is 16.3. The lowest BCUT2D eigenvalue weighted by molar-refractivity contribution is -0.121. The van der Waals surface area contributed by atoms with Crippen LogP contribution in [0.2, 0.25) is 0 Å². The van der Waals surface area contributed by atoms with E-state index in [1.54, 1.807) is 26.4 Å². The van der Waals surface area contributed by atoms with Gasteiger partial charge in [0.25, 0.3) is 5.91 Å². The molecule has 1 aromatic carbocycles. The van der Waals surface area contributed by atoms with Crippen LogP contribution in [0.25, 0.3) is 0 Å². The minimum absolute atomic E-state index is 0. The summed E-state index contributed by atoms with van der Waals surface area (Å²) >= 11 is 0. The molecule has 2 amide bonds. The average molecular weight is 400 g/mol. The summed E-state index contributed by atoms with van der Waals surface area (Å²) in [6.07, 6.45) is 3.17. The van der Waals surface area contributed by atoms with Gasteiger partial charge in [-0.25, -0.2) is 0 Å². The van der Waals surface area contributed by atoms with Crippen molar-refractivity contribution in [3.05, 3.63) is 23.3 Å². The van der Waals surface area contributed by atoms with Crippen molar-refractivity contribution in [3.63, 3.8) is 0 Å². The number of nitrogens with zero attached hydrogens (tertiary/aromatic N) is 1. The van der Waals surface area contributed by atoms with E-state index in [0.29, 0.717) is 43.1 Å². The van der Waals surface area contributed by atoms with Gasteiger partial charge in [-0.15, -0.1) is 12.4 Å². The highest BCUT2D eigenvalue weighted by molar-refractivity contribution is 5.95. The molecule has 3 N–H and O–H groups in total. The highest BCUT2D eigenvalue weighted by atomic mass is 35.5. The molecular weight excluding hydrogens is 370 g/mol. The highest BCUT2D eigenvalue weighted by Gasteiger charge is 2.28. The van der Waals surface area contributed by atoms with Crippen LogP contribution in [0.15, 0.2) is 12.1 Å². The molecule has 0 aliphatic carbocycles. The van der Waals surface area contributed by atoms with Crippen molar-refractivity contribution < 1.29 is 19.1 Å². The fourth-order valence-electron chi connectivity index (χ4n) is 3.31. The first kappa shape index (κ1) is 23.0. The third kappa shape index (κ3) is 5.74. The van der Waals surface area contributed by atoms with Crippen LogP contribution in [0, 0.1) is 6.92 Å². The van der Waals surface area contributed by atoms with Gasteiger partial charge in [0.1, 0.15) is 11.5 Å². The molecule has 1 unspecified atom stereocenters. The van der Waals surface area contributed by atoms with Crippen LogP contribution in [-0.2, 0) is 4.79 Å². The van der Waals surface area contributed by atoms with Crippen molar-refractivity contribution >= 4 is 24.2 Å². The second kappa shape index (κ2) is 11.0. The molecule has 1 aliphatic heterocycles. The lowest BCUT2D eigenvalue weighted by atomic mass is 10.00. The molecule has 27 heavy (non-hydrogen) atoms. The van der Waals surface area contributed by atoms with Crippen molar-refractivity contribution in [2.24, 2.45) is 5.73 Å². The number of ether oxygens (including phenoxy) is 2. The van der Waals surface area contributed by atoms with E-state index in [9.17, 15) is 9.59 Å². The van der Waals surface area contributed by atoms with Crippen LogP contribution in [0.5, 0.6) is 11.5 Å². The molecule has 0 radical (unpaired) electrons. The molecule has 1 saturated heterocycles. The zero-order valence-corrected chi connectivity index (χ0v) is 17.1. The van der Waals surface area contributed by atoms with E-state index in [1.807, 2.05) is 11.8 Å². The van der Waals surface area contributed by atoms with Crippen LogP contribution >= 0.6 is 12.4 Å². The summed E-state index contributed by atoms with van der Waals surface area (Å²) < 4.78 is 10.8. The maximum Gasteiger partial charge on any atom is 0.254 e. The first-order valence-corrected chi connectivity index (χ1v) is 9.02. The molecule has 0 spiro atoms. The summed E-state index contributed by atoms with van der Waals surface area (Å²) in [7, 11) is 3.15. The van der Waals surface area contributed by atoms with Crippen molar-refractivity contribution in [2.75, 3.05) is 33.9 Å². The molecule has 2 rings (SSSR count). The first-order chi connectivity index (χ1) is 12.5. The third-order valence-electron chi connectivity index (χ3n) is 4.79. The molecule has 0 saturated carbocycles. The van der Waals surface area contributed by atoms with Crippen molar-refractivity contribution in [1.82, 2.24) is 10.2 Å². The summed E-state index contributed by atoms with van der Waals surface area (Å²) in [5.41, 5.74) is 6.80. The summed E-state index contributed by atoms with van der Waals surface area (Å²) in [4.78, 5) is 26.7. The number of nitrogens with two attached hydrogens (primary N) is 1. The van der Waals surface area contributed by atoms with Gasteiger partial charge in [0.05, 0.1) is 14.2 Å². The number of piperidine rings is 1. The van der Waals surface area contributed by atoms with Gasteiger partial charge in [0.15, 0.2) is 0 Å². The largest absolute Gasteiger partial charge is 0.496 e. The van der Waals surface area contributed by atoms with E-state index in [0.717, 1.165) is 24.8 Å². The Hall–Kier alpha value is -1.99. The van der Waals surface area contributed by atoms with Gasteiger partial charge in [-0.3, -0.25) is 9.59 Å². The van der Waals surface area contributed by atoms with Crippen molar-refractivity contribution in [2.45, 2.75) is 38.6 Å². The average Bonchev–Trinajstić information content (AvgIpc) is 2.66. The number of likely N-dealkylation sites (tertiary alicyclic amines) is 1. The number of methoxy groups -OCH3 is 2. The molecule has 8 heteroatoms. The van der Waals surface area contributed by atoms with Crippen LogP contribution in [0.4, 0.5) is 0 Å². The van der Waals surface area contributed by atoms with Gasteiger partial charge in [0.2, 0.25) is 5.91 Å². The number of hydrogen-bond donors (Lipinski definition) is 2. The van der Waals surface area contributed by atoms with Crippen LogP contribution < -0.4 is 20.5 Å². The fraction of sp³-hybridized carbons (Fsp3) is 0.579. The topological polar surface area (TPSA) is 93.9 Å². The zero-order chi connectivity index (χ0) is 19.1. The summed E-state index contributed by atoms with van der Waals surface area (Å²) in [6, 6.07) is 3.48. The quantitative estimate of drug-likeness (QED) is 0.730. The monoisotopic (exact) mass is 399 g/mol. The van der Waals surface area contributed by atoms with Gasteiger partial charge >= 0.3 is 0 Å². The van der Waals surface area contributed by atoms with Crippen LogP contribution in [-0.4, -0.2) is 56.6 Å². The molecule has 7 nitrogen and oxygen atoms in total. The van der Waals surface area contributed by atoms with Gasteiger partial charge in [-0.1, -0.05) is 0 Å². The smallest absolute Gasteiger partial charge is 0.254 e. The van der Waals surface area contributed by atoms with Crippen molar-refractivity contribution in [3.8, 4) is 11.5 Å². The maximum absolute atomic E-state index is 13.1. The molecule has 1 heterocycles. The third-order valence-corrected chi connectivity index (χ3v) is 4.79. The molecule has 1 aromatic rings. The van der Waals surface area contributed by atoms with Gasteiger partial charge in [0, 0.05) is 43.2 Å². The number of hydrogen-bond acceptors (Lipinski definition) is 5. The van der Waals surface area contributed by atoms with E-state index in [4.69, 9.17) is 15.2 Å². The zero-order valence-electron chi connectivity index (χ0n) is 16.2. The van der Waals surface area contributed by atoms with E-state index >= 15 is 0 Å². The standard InChI is InChI=1S/C19H29N3O4.ClH/c1-13-16(25-2)10-14(11-17(13)26-3)19(24)22-9-5-4-6-15(22)12-21-18(23)7-8-20;/h10-11,15H,4-9,12,20H2,1-3H3,(H,21,23);1H. The van der Waals surface area contributed by atoms with Gasteiger partial charge in [-0.05, 0) is 38.3 Å². The Morgan fingerprint density at radius 1 is 1.22 bits per heavy atom. The van der Waals surface area contributed by atoms with Crippen LogP contribution in [0.3, 0.4) is 0 Å². The maximum atomic E-state index is 13.1. The minimum Gasteiger partial charge on any atom is -0.496 e. The Bertz CT molecular complexity index is 629. The molecule has 1 atom stereocenters. The van der Waals surface area contributed by atoms with Gasteiger partial charge in [-0.2, -0.15) is 0 Å². The van der Waals surface area contributed by atoms with Crippen molar-refractivity contribution in [1.29, 1.82) is 0 Å². The molecule has 1 aliphatic rings. The molecule has 152 valence electrons. The van der Waals surface area contributed by atoms with E-state index < -0.39 is 0 Å². The molecule has 0 bridgehead atoms. The highest BCUT2D eigenvalue weighted by Crippen LogP contribution is 2.31. The summed E-state index contributed by atoms with van der Waals surface area (Å²) in [5, 5.41) is 2.88. The Labute approximate surface area is 167 Å². The molecule has 0 aromatic heterocycles. The Kier molecular flexibility index (Phi) is 9.38. The number of halogens is 1. The number of nitrogens with one attached hydrogen (secondary N) is 1. The lowest BCUT2D eigenvalue weighted by Gasteiger charge is -2.36. The predicted octanol–water partition coefficient (Wildman–Crippen LogP) is 1.89. The second-order valence-corrected chi connectivity index (χ2v) is 6.50. The second-order valence-electron chi connectivity index (χ2n) is 6.50. The van der Waals surface area contributed by atoms with Crippen LogP contribution in [0.1, 0.15) is 41.6 Å². The van der Waals surface area contributed by atoms with E-state index in [2.05, 4.69) is 5.32 Å². The first-order valence-electron chi connectivity index (χ1n) is 9.02. The number of amides is 2. The number of carbonyl (C=O) groups is 2. The minimum atomic E-state index is -0.0795. The number of carbonyl (C=O) groups excluding carboxylic acids is 2. The van der Waals surface area contributed by atoms with E-state index in [-0.39, 0.29) is 30.3 Å². The number of benzene rings is 1. The number of rotatable bonds is 7.